The van der Waals surface area contributed by atoms with Crippen LogP contribution in [0.5, 0.6) is 0 Å². The van der Waals surface area contributed by atoms with Crippen LogP contribution in [-0.2, 0) is 0 Å². The second kappa shape index (κ2) is 7.37. The van der Waals surface area contributed by atoms with Crippen LogP contribution in [0.1, 0.15) is 0 Å². The second-order valence-electron chi connectivity index (χ2n) is 7.74. The van der Waals surface area contributed by atoms with Gasteiger partial charge in [0.15, 0.2) is 0 Å². The van der Waals surface area contributed by atoms with E-state index < -0.39 is 0 Å². The summed E-state index contributed by atoms with van der Waals surface area (Å²) in [6.45, 7) is 0. The van der Waals surface area contributed by atoms with Crippen molar-refractivity contribution in [3.05, 3.63) is 112 Å². The number of para-hydroxylation sites is 1. The van der Waals surface area contributed by atoms with E-state index in [9.17, 15) is 0 Å². The third-order valence-electron chi connectivity index (χ3n) is 5.86. The Morgan fingerprint density at radius 3 is 2.03 bits per heavy atom. The Bertz CT molecular complexity index is 1430. The lowest BCUT2D eigenvalue weighted by Gasteiger charge is -2.34. The van der Waals surface area contributed by atoms with Gasteiger partial charge in [-0.2, -0.15) is 0 Å². The molecule has 0 amide bonds. The van der Waals surface area contributed by atoms with Crippen molar-refractivity contribution in [2.75, 3.05) is 4.90 Å². The summed E-state index contributed by atoms with van der Waals surface area (Å²) in [4.78, 5) is 2.39. The molecule has 0 spiro atoms. The van der Waals surface area contributed by atoms with Crippen LogP contribution in [0, 0.1) is 0 Å². The van der Waals surface area contributed by atoms with Gasteiger partial charge < -0.3 is 4.90 Å². The number of hydrogen-bond donors (Lipinski definition) is 0. The first-order valence-electron chi connectivity index (χ1n) is 10.2. The molecule has 0 bridgehead atoms. The molecule has 0 aromatic heterocycles. The first-order valence-corrected chi connectivity index (χ1v) is 11.8. The SMILES string of the molecule is Brc1cc(Br)cc(-c2ccc3c(c2)N(c2ccccc2)c2cccc4cccc-3c24)c1. The van der Waals surface area contributed by atoms with E-state index in [0.717, 1.165) is 8.95 Å². The van der Waals surface area contributed by atoms with Gasteiger partial charge in [0, 0.05) is 25.6 Å². The minimum atomic E-state index is 1.06. The van der Waals surface area contributed by atoms with Gasteiger partial charge in [-0.25, -0.2) is 0 Å². The summed E-state index contributed by atoms with van der Waals surface area (Å²) in [6.07, 6.45) is 0. The maximum Gasteiger partial charge on any atom is 0.0546 e. The summed E-state index contributed by atoms with van der Waals surface area (Å²) in [5.74, 6) is 0. The van der Waals surface area contributed by atoms with Gasteiger partial charge in [-0.15, -0.1) is 0 Å². The van der Waals surface area contributed by atoms with E-state index in [2.05, 4.69) is 140 Å². The smallest absolute Gasteiger partial charge is 0.0546 e. The molecule has 31 heavy (non-hydrogen) atoms. The minimum absolute atomic E-state index is 1.06. The summed E-state index contributed by atoms with van der Waals surface area (Å²) in [7, 11) is 0. The summed E-state index contributed by atoms with van der Waals surface area (Å²) in [5.41, 5.74) is 8.49. The molecule has 6 rings (SSSR count). The van der Waals surface area contributed by atoms with Crippen LogP contribution in [-0.4, -0.2) is 0 Å². The third kappa shape index (κ3) is 3.12. The number of benzene rings is 5. The summed E-state index contributed by atoms with van der Waals surface area (Å²) in [5, 5.41) is 2.57. The molecule has 0 N–H and O–H groups in total. The topological polar surface area (TPSA) is 3.24 Å². The largest absolute Gasteiger partial charge is 0.309 e. The Kier molecular flexibility index (Phi) is 4.48. The fourth-order valence-electron chi connectivity index (χ4n) is 4.56. The van der Waals surface area contributed by atoms with E-state index in [4.69, 9.17) is 0 Å². The average molecular weight is 527 g/mol. The lowest BCUT2D eigenvalue weighted by atomic mass is 9.89. The van der Waals surface area contributed by atoms with Crippen molar-refractivity contribution in [1.82, 2.24) is 0 Å². The number of anilines is 3. The summed E-state index contributed by atoms with van der Waals surface area (Å²) < 4.78 is 2.12. The molecule has 0 saturated heterocycles. The van der Waals surface area contributed by atoms with Crippen molar-refractivity contribution in [3.8, 4) is 22.3 Å². The monoisotopic (exact) mass is 525 g/mol. The third-order valence-corrected chi connectivity index (χ3v) is 6.78. The van der Waals surface area contributed by atoms with Crippen LogP contribution in [0.4, 0.5) is 17.1 Å². The van der Waals surface area contributed by atoms with E-state index in [1.165, 1.54) is 50.1 Å². The first kappa shape index (κ1) is 18.9. The molecule has 3 heteroatoms. The molecule has 1 aliphatic heterocycles. The van der Waals surface area contributed by atoms with Crippen molar-refractivity contribution in [2.24, 2.45) is 0 Å². The van der Waals surface area contributed by atoms with Gasteiger partial charge in [-0.05, 0) is 64.5 Å². The van der Waals surface area contributed by atoms with E-state index >= 15 is 0 Å². The molecule has 148 valence electrons. The molecule has 0 radical (unpaired) electrons. The van der Waals surface area contributed by atoms with Crippen molar-refractivity contribution in [3.63, 3.8) is 0 Å². The van der Waals surface area contributed by atoms with Gasteiger partial charge in [0.1, 0.15) is 0 Å². The Morgan fingerprint density at radius 1 is 0.516 bits per heavy atom. The highest BCUT2D eigenvalue weighted by Gasteiger charge is 2.26. The number of nitrogens with zero attached hydrogens (tertiary/aromatic N) is 1. The van der Waals surface area contributed by atoms with Crippen LogP contribution < -0.4 is 4.90 Å². The first-order chi connectivity index (χ1) is 15.2. The van der Waals surface area contributed by atoms with Gasteiger partial charge in [0.05, 0.1) is 11.4 Å². The number of hydrogen-bond acceptors (Lipinski definition) is 1. The fourth-order valence-corrected chi connectivity index (χ4v) is 5.86. The zero-order valence-corrected chi connectivity index (χ0v) is 19.7. The van der Waals surface area contributed by atoms with Crippen molar-refractivity contribution >= 4 is 59.7 Å². The van der Waals surface area contributed by atoms with Crippen LogP contribution in [0.15, 0.2) is 112 Å². The predicted molar refractivity (Wildman–Crippen MR) is 138 cm³/mol. The van der Waals surface area contributed by atoms with Crippen LogP contribution in [0.25, 0.3) is 33.0 Å². The zero-order valence-electron chi connectivity index (χ0n) is 16.5. The van der Waals surface area contributed by atoms with Crippen molar-refractivity contribution in [2.45, 2.75) is 0 Å². The molecule has 0 atom stereocenters. The lowest BCUT2D eigenvalue weighted by molar-refractivity contribution is 1.28. The van der Waals surface area contributed by atoms with Crippen LogP contribution >= 0.6 is 31.9 Å². The molecule has 5 aromatic carbocycles. The maximum atomic E-state index is 3.63. The van der Waals surface area contributed by atoms with E-state index in [1.807, 2.05) is 0 Å². The Hall–Kier alpha value is -2.88. The maximum absolute atomic E-state index is 3.63. The molecule has 1 nitrogen and oxygen atoms in total. The van der Waals surface area contributed by atoms with Crippen LogP contribution in [0.2, 0.25) is 0 Å². The highest BCUT2D eigenvalue weighted by atomic mass is 79.9. The molecular weight excluding hydrogens is 510 g/mol. The average Bonchev–Trinajstić information content (AvgIpc) is 2.79. The van der Waals surface area contributed by atoms with Crippen molar-refractivity contribution < 1.29 is 0 Å². The van der Waals surface area contributed by atoms with Gasteiger partial charge in [-0.3, -0.25) is 0 Å². The molecular formula is C28H17Br2N. The van der Waals surface area contributed by atoms with Gasteiger partial charge >= 0.3 is 0 Å². The van der Waals surface area contributed by atoms with Gasteiger partial charge in [-0.1, -0.05) is 92.5 Å². The standard InChI is InChI=1S/C28H17Br2N/c29-21-14-20(15-22(30)17-21)19-12-13-24-25-10-4-6-18-7-5-11-26(28(18)25)31(27(24)16-19)23-8-2-1-3-9-23/h1-17H. The van der Waals surface area contributed by atoms with E-state index in [1.54, 1.807) is 0 Å². The normalized spacial score (nSPS) is 12.1. The molecule has 1 aliphatic rings. The molecule has 5 aromatic rings. The van der Waals surface area contributed by atoms with E-state index in [-0.39, 0.29) is 0 Å². The molecule has 0 aliphatic carbocycles. The summed E-state index contributed by atoms with van der Waals surface area (Å²) >= 11 is 7.27. The molecule has 0 fully saturated rings. The number of halogens is 2. The van der Waals surface area contributed by atoms with Gasteiger partial charge in [0.2, 0.25) is 0 Å². The van der Waals surface area contributed by atoms with Crippen molar-refractivity contribution in [1.29, 1.82) is 0 Å². The van der Waals surface area contributed by atoms with Gasteiger partial charge in [0.25, 0.3) is 0 Å². The number of fused-ring (bicyclic) bond motifs is 2. The highest BCUT2D eigenvalue weighted by molar-refractivity contribution is 9.11. The Labute approximate surface area is 198 Å². The predicted octanol–water partition coefficient (Wildman–Crippen LogP) is 9.48. The molecule has 1 heterocycles. The Balaban J connectivity index is 1.67. The second-order valence-corrected chi connectivity index (χ2v) is 9.57. The van der Waals surface area contributed by atoms with E-state index in [0.29, 0.717) is 0 Å². The zero-order chi connectivity index (χ0) is 20.9. The quantitative estimate of drug-likeness (QED) is 0.217. The highest BCUT2D eigenvalue weighted by Crippen LogP contribution is 2.51. The lowest BCUT2D eigenvalue weighted by Crippen LogP contribution is -2.15. The summed E-state index contributed by atoms with van der Waals surface area (Å²) in [6, 6.07) is 37.0. The minimum Gasteiger partial charge on any atom is -0.309 e. The molecule has 0 saturated carbocycles. The fraction of sp³-hybridized carbons (Fsp3) is 0. The number of rotatable bonds is 2. The van der Waals surface area contributed by atoms with Crippen LogP contribution in [0.3, 0.4) is 0 Å². The molecule has 0 unspecified atom stereocenters. The Morgan fingerprint density at radius 2 is 1.26 bits per heavy atom.